The van der Waals surface area contributed by atoms with Crippen molar-refractivity contribution in [3.05, 3.63) is 81.9 Å². The molecule has 6 nitrogen and oxygen atoms in total. The second-order valence-electron chi connectivity index (χ2n) is 7.92. The number of methoxy groups -OCH3 is 1. The molecule has 0 unspecified atom stereocenters. The second kappa shape index (κ2) is 9.14. The molecule has 0 spiro atoms. The number of allylic oxidation sites excluding steroid dienone is 3. The third kappa shape index (κ3) is 4.44. The Kier molecular flexibility index (Phi) is 6.24. The van der Waals surface area contributed by atoms with Gasteiger partial charge in [0.2, 0.25) is 5.88 Å². The number of hydrogen-bond acceptors (Lipinski definition) is 6. The van der Waals surface area contributed by atoms with Crippen LogP contribution in [0.2, 0.25) is 0 Å². The normalized spacial score (nSPS) is 18.2. The van der Waals surface area contributed by atoms with Gasteiger partial charge in [-0.15, -0.1) is 0 Å². The molecule has 0 aromatic heterocycles. The molecule has 0 saturated heterocycles. The SMILES string of the molecule is COc1ccc([C@H]2C(C#N)=C(N)OC3=C2C(=O)CCC3)cc1COc1cccc(C(F)(F)F)c1. The van der Waals surface area contributed by atoms with Gasteiger partial charge < -0.3 is 19.9 Å². The van der Waals surface area contributed by atoms with E-state index in [9.17, 15) is 23.2 Å². The molecule has 1 aliphatic heterocycles. The lowest BCUT2D eigenvalue weighted by molar-refractivity contribution is -0.137. The predicted octanol–water partition coefficient (Wildman–Crippen LogP) is 5.11. The third-order valence-electron chi connectivity index (χ3n) is 5.80. The van der Waals surface area contributed by atoms with Crippen LogP contribution < -0.4 is 15.2 Å². The molecule has 0 bridgehead atoms. The molecular weight excluding hydrogens is 449 g/mol. The van der Waals surface area contributed by atoms with Gasteiger partial charge in [0.1, 0.15) is 35.5 Å². The van der Waals surface area contributed by atoms with Crippen molar-refractivity contribution in [2.24, 2.45) is 5.73 Å². The summed E-state index contributed by atoms with van der Waals surface area (Å²) in [5, 5.41) is 9.74. The highest BCUT2D eigenvalue weighted by Crippen LogP contribution is 2.44. The topological polar surface area (TPSA) is 94.6 Å². The fraction of sp³-hybridized carbons (Fsp3) is 0.280. The molecule has 0 amide bonds. The van der Waals surface area contributed by atoms with Gasteiger partial charge in [-0.05, 0) is 42.3 Å². The molecule has 1 atom stereocenters. The number of benzene rings is 2. The molecule has 2 aliphatic rings. The average Bonchev–Trinajstić information content (AvgIpc) is 2.81. The molecule has 9 heteroatoms. The summed E-state index contributed by atoms with van der Waals surface area (Å²) in [5.41, 5.74) is 6.85. The summed E-state index contributed by atoms with van der Waals surface area (Å²) in [6.07, 6.45) is -2.96. The van der Waals surface area contributed by atoms with Gasteiger partial charge in [-0.1, -0.05) is 12.1 Å². The Labute approximate surface area is 194 Å². The number of halogens is 3. The van der Waals surface area contributed by atoms with E-state index in [2.05, 4.69) is 6.07 Å². The Bertz CT molecular complexity index is 1240. The number of carbonyl (C=O) groups excluding carboxylic acids is 1. The lowest BCUT2D eigenvalue weighted by atomic mass is 9.77. The third-order valence-corrected chi connectivity index (χ3v) is 5.80. The van der Waals surface area contributed by atoms with Crippen LogP contribution >= 0.6 is 0 Å². The van der Waals surface area contributed by atoms with Crippen LogP contribution in [0.5, 0.6) is 11.5 Å². The highest BCUT2D eigenvalue weighted by Gasteiger charge is 2.38. The number of nitrogens with two attached hydrogens (primary N) is 1. The maximum Gasteiger partial charge on any atom is 0.416 e. The maximum atomic E-state index is 13.0. The zero-order valence-corrected chi connectivity index (χ0v) is 18.2. The van der Waals surface area contributed by atoms with Crippen molar-refractivity contribution in [1.82, 2.24) is 0 Å². The zero-order valence-electron chi connectivity index (χ0n) is 18.2. The van der Waals surface area contributed by atoms with Crippen LogP contribution in [-0.4, -0.2) is 12.9 Å². The van der Waals surface area contributed by atoms with Gasteiger partial charge in [-0.3, -0.25) is 4.79 Å². The Hall–Kier alpha value is -3.93. The largest absolute Gasteiger partial charge is 0.496 e. The van der Waals surface area contributed by atoms with Gasteiger partial charge in [0, 0.05) is 24.0 Å². The summed E-state index contributed by atoms with van der Waals surface area (Å²) in [5.74, 6) is 0.0998. The highest BCUT2D eigenvalue weighted by atomic mass is 19.4. The quantitative estimate of drug-likeness (QED) is 0.653. The minimum Gasteiger partial charge on any atom is -0.496 e. The summed E-state index contributed by atoms with van der Waals surface area (Å²) in [6.45, 7) is -0.0948. The Morgan fingerprint density at radius 2 is 2.00 bits per heavy atom. The predicted molar refractivity (Wildman–Crippen MR) is 115 cm³/mol. The van der Waals surface area contributed by atoms with E-state index in [4.69, 9.17) is 19.9 Å². The molecule has 2 aromatic rings. The number of hydrogen-bond donors (Lipinski definition) is 1. The van der Waals surface area contributed by atoms with Gasteiger partial charge >= 0.3 is 6.18 Å². The Morgan fingerprint density at radius 3 is 2.71 bits per heavy atom. The summed E-state index contributed by atoms with van der Waals surface area (Å²) < 4.78 is 55.7. The smallest absolute Gasteiger partial charge is 0.416 e. The second-order valence-corrected chi connectivity index (χ2v) is 7.92. The van der Waals surface area contributed by atoms with Gasteiger partial charge in [0.25, 0.3) is 0 Å². The molecule has 176 valence electrons. The van der Waals surface area contributed by atoms with Crippen LogP contribution in [0, 0.1) is 11.3 Å². The number of ketones is 1. The molecule has 2 N–H and O–H groups in total. The first-order chi connectivity index (χ1) is 16.2. The number of carbonyl (C=O) groups is 1. The fourth-order valence-corrected chi connectivity index (χ4v) is 4.20. The Balaban J connectivity index is 1.70. The summed E-state index contributed by atoms with van der Waals surface area (Å²) >= 11 is 0. The summed E-state index contributed by atoms with van der Waals surface area (Å²) in [6, 6.07) is 11.7. The molecule has 0 saturated carbocycles. The van der Waals surface area contributed by atoms with Crippen molar-refractivity contribution in [1.29, 1.82) is 5.26 Å². The highest BCUT2D eigenvalue weighted by molar-refractivity contribution is 5.99. The van der Waals surface area contributed by atoms with Crippen LogP contribution in [0.1, 0.15) is 41.9 Å². The molecule has 34 heavy (non-hydrogen) atoms. The van der Waals surface area contributed by atoms with Crippen molar-refractivity contribution in [3.63, 3.8) is 0 Å². The number of ether oxygens (including phenoxy) is 3. The van der Waals surface area contributed by atoms with E-state index in [-0.39, 0.29) is 29.6 Å². The first-order valence-electron chi connectivity index (χ1n) is 10.5. The van der Waals surface area contributed by atoms with Crippen LogP contribution in [0.3, 0.4) is 0 Å². The number of rotatable bonds is 5. The van der Waals surface area contributed by atoms with E-state index in [1.807, 2.05) is 0 Å². The molecule has 4 rings (SSSR count). The van der Waals surface area contributed by atoms with Crippen molar-refractivity contribution in [3.8, 4) is 17.6 Å². The van der Waals surface area contributed by atoms with Crippen LogP contribution in [0.25, 0.3) is 0 Å². The van der Waals surface area contributed by atoms with Crippen LogP contribution in [0.4, 0.5) is 13.2 Å². The molecular formula is C25H21F3N2O4. The van der Waals surface area contributed by atoms with Gasteiger partial charge in [-0.25, -0.2) is 0 Å². The lowest BCUT2D eigenvalue weighted by Crippen LogP contribution is -2.27. The Morgan fingerprint density at radius 1 is 1.21 bits per heavy atom. The molecule has 1 aliphatic carbocycles. The minimum absolute atomic E-state index is 0.0430. The lowest BCUT2D eigenvalue weighted by Gasteiger charge is -2.31. The number of alkyl halides is 3. The van der Waals surface area contributed by atoms with E-state index in [0.717, 1.165) is 12.1 Å². The minimum atomic E-state index is -4.49. The van der Waals surface area contributed by atoms with Crippen LogP contribution in [-0.2, 0) is 22.3 Å². The van der Waals surface area contributed by atoms with E-state index >= 15 is 0 Å². The first-order valence-corrected chi connectivity index (χ1v) is 10.5. The van der Waals surface area contributed by atoms with Crippen molar-refractivity contribution < 1.29 is 32.2 Å². The van der Waals surface area contributed by atoms with E-state index in [1.165, 1.54) is 19.2 Å². The molecule has 1 heterocycles. The average molecular weight is 470 g/mol. The van der Waals surface area contributed by atoms with E-state index < -0.39 is 17.7 Å². The van der Waals surface area contributed by atoms with Crippen molar-refractivity contribution in [2.75, 3.05) is 7.11 Å². The maximum absolute atomic E-state index is 13.0. The van der Waals surface area contributed by atoms with Gasteiger partial charge in [-0.2, -0.15) is 18.4 Å². The van der Waals surface area contributed by atoms with E-state index in [0.29, 0.717) is 47.5 Å². The first kappa shape index (κ1) is 23.2. The summed E-state index contributed by atoms with van der Waals surface area (Å²) in [4.78, 5) is 12.8. The number of nitrogens with zero attached hydrogens (tertiary/aromatic N) is 1. The van der Waals surface area contributed by atoms with Gasteiger partial charge in [0.15, 0.2) is 5.78 Å². The van der Waals surface area contributed by atoms with Crippen LogP contribution in [0.15, 0.2) is 65.3 Å². The molecule has 0 radical (unpaired) electrons. The van der Waals surface area contributed by atoms with Gasteiger partial charge in [0.05, 0.1) is 18.6 Å². The van der Waals surface area contributed by atoms with E-state index in [1.54, 1.807) is 18.2 Å². The standard InChI is InChI=1S/C25H21F3N2O4/c1-32-20-9-8-14(10-15(20)13-33-17-5-2-4-16(11-17)25(26,27)28)22-18(12-29)24(30)34-21-7-3-6-19(31)23(21)22/h2,4-5,8-11,22H,3,6-7,13,30H2,1H3/t22-/m0/s1. The zero-order chi connectivity index (χ0) is 24.5. The number of Topliss-reactive ketones (excluding diaryl/α,β-unsaturated/α-hetero) is 1. The van der Waals surface area contributed by atoms with Crippen molar-refractivity contribution >= 4 is 5.78 Å². The monoisotopic (exact) mass is 470 g/mol. The summed E-state index contributed by atoms with van der Waals surface area (Å²) in [7, 11) is 1.46. The molecule has 2 aromatic carbocycles. The fourth-order valence-electron chi connectivity index (χ4n) is 4.20. The number of nitriles is 1. The van der Waals surface area contributed by atoms with Crippen molar-refractivity contribution in [2.45, 2.75) is 38.0 Å². The molecule has 0 fully saturated rings.